The average molecular weight is 276 g/mol. The third kappa shape index (κ3) is 5.84. The Morgan fingerprint density at radius 1 is 1.50 bits per heavy atom. The van der Waals surface area contributed by atoms with Gasteiger partial charge in [0.15, 0.2) is 0 Å². The lowest BCUT2D eigenvalue weighted by Gasteiger charge is -2.20. The molecule has 0 amide bonds. The first-order chi connectivity index (χ1) is 8.54. The summed E-state index contributed by atoms with van der Waals surface area (Å²) in [5.74, 6) is 0. The molecule has 1 atom stereocenters. The van der Waals surface area contributed by atoms with E-state index in [0.717, 1.165) is 32.4 Å². The van der Waals surface area contributed by atoms with Crippen molar-refractivity contribution in [3.8, 4) is 0 Å². The second kappa shape index (κ2) is 7.76. The molecule has 5 nitrogen and oxygen atoms in total. The van der Waals surface area contributed by atoms with Crippen LogP contribution in [0.5, 0.6) is 0 Å². The molecule has 1 aliphatic heterocycles. The molecule has 1 rings (SSSR count). The summed E-state index contributed by atoms with van der Waals surface area (Å²) in [5.41, 5.74) is 0. The number of ether oxygens (including phenoxy) is 1. The minimum absolute atomic E-state index is 0.257. The fourth-order valence-electron chi connectivity index (χ4n) is 1.94. The Morgan fingerprint density at radius 3 is 2.83 bits per heavy atom. The predicted octanol–water partition coefficient (Wildman–Crippen LogP) is 0.940. The van der Waals surface area contributed by atoms with Crippen LogP contribution in [0, 0.1) is 0 Å². The zero-order valence-corrected chi connectivity index (χ0v) is 12.1. The molecule has 0 aromatic heterocycles. The Bertz CT molecular complexity index is 354. The number of rotatable bonds is 8. The van der Waals surface area contributed by atoms with Crippen LogP contribution in [-0.4, -0.2) is 51.3 Å². The lowest BCUT2D eigenvalue weighted by Crippen LogP contribution is -2.34. The molecule has 1 unspecified atom stereocenters. The van der Waals surface area contributed by atoms with Crippen LogP contribution in [0.1, 0.15) is 26.2 Å². The van der Waals surface area contributed by atoms with Crippen molar-refractivity contribution in [3.05, 3.63) is 12.3 Å². The normalized spacial score (nSPS) is 20.1. The molecule has 0 spiro atoms. The zero-order chi connectivity index (χ0) is 13.4. The fraction of sp³-hybridized carbons (Fsp3) is 0.833. The minimum Gasteiger partial charge on any atom is -0.497 e. The maximum absolute atomic E-state index is 11.4. The minimum atomic E-state index is -3.05. The molecule has 1 heterocycles. The van der Waals surface area contributed by atoms with Crippen LogP contribution in [0.3, 0.4) is 0 Å². The summed E-state index contributed by atoms with van der Waals surface area (Å²) in [6.45, 7) is 4.62. The first-order valence-corrected chi connectivity index (χ1v) is 8.35. The summed E-state index contributed by atoms with van der Waals surface area (Å²) in [7, 11) is -3.05. The Kier molecular flexibility index (Phi) is 6.67. The lowest BCUT2D eigenvalue weighted by atomic mass is 10.1. The van der Waals surface area contributed by atoms with Crippen molar-refractivity contribution in [2.45, 2.75) is 32.3 Å². The van der Waals surface area contributed by atoms with Crippen molar-refractivity contribution < 1.29 is 13.2 Å². The van der Waals surface area contributed by atoms with Crippen molar-refractivity contribution in [2.75, 3.05) is 32.4 Å². The summed E-state index contributed by atoms with van der Waals surface area (Å²) in [4.78, 5) is 0. The van der Waals surface area contributed by atoms with E-state index in [1.165, 1.54) is 10.6 Å². The topological polar surface area (TPSA) is 58.6 Å². The van der Waals surface area contributed by atoms with E-state index in [1.54, 1.807) is 6.26 Å². The first kappa shape index (κ1) is 15.5. The van der Waals surface area contributed by atoms with Gasteiger partial charge in [-0.05, 0) is 31.9 Å². The average Bonchev–Trinajstić information content (AvgIpc) is 2.33. The van der Waals surface area contributed by atoms with E-state index in [2.05, 4.69) is 5.32 Å². The molecule has 0 radical (unpaired) electrons. The molecular weight excluding hydrogens is 252 g/mol. The van der Waals surface area contributed by atoms with Crippen molar-refractivity contribution in [2.24, 2.45) is 0 Å². The standard InChI is InChI=1S/C12H24N2O3S/c1-3-14(18(2,15)16)9-6-8-13-11-12-7-4-5-10-17-12/h5,10,12-13H,3-4,6-9,11H2,1-2H3. The van der Waals surface area contributed by atoms with Gasteiger partial charge >= 0.3 is 0 Å². The highest BCUT2D eigenvalue weighted by Crippen LogP contribution is 2.08. The van der Waals surface area contributed by atoms with Crippen LogP contribution in [0.2, 0.25) is 0 Å². The van der Waals surface area contributed by atoms with Gasteiger partial charge in [0.05, 0.1) is 12.5 Å². The summed E-state index contributed by atoms with van der Waals surface area (Å²) >= 11 is 0. The SMILES string of the molecule is CCN(CCCNCC1CCC=CO1)S(C)(=O)=O. The van der Waals surface area contributed by atoms with Gasteiger partial charge in [0.25, 0.3) is 0 Å². The molecule has 6 heteroatoms. The molecule has 0 saturated heterocycles. The number of allylic oxidation sites excluding steroid dienone is 1. The number of nitrogens with zero attached hydrogens (tertiary/aromatic N) is 1. The van der Waals surface area contributed by atoms with Crippen molar-refractivity contribution in [1.82, 2.24) is 9.62 Å². The molecule has 0 saturated carbocycles. The smallest absolute Gasteiger partial charge is 0.211 e. The van der Waals surface area contributed by atoms with Gasteiger partial charge < -0.3 is 10.1 Å². The highest BCUT2D eigenvalue weighted by atomic mass is 32.2. The van der Waals surface area contributed by atoms with Crippen LogP contribution in [0.15, 0.2) is 12.3 Å². The van der Waals surface area contributed by atoms with E-state index in [4.69, 9.17) is 4.74 Å². The van der Waals surface area contributed by atoms with Crippen molar-refractivity contribution >= 4 is 10.0 Å². The van der Waals surface area contributed by atoms with E-state index in [9.17, 15) is 8.42 Å². The largest absolute Gasteiger partial charge is 0.497 e. The number of nitrogens with one attached hydrogen (secondary N) is 1. The van der Waals surface area contributed by atoms with Gasteiger partial charge in [-0.1, -0.05) is 6.92 Å². The van der Waals surface area contributed by atoms with Gasteiger partial charge in [0, 0.05) is 19.6 Å². The Hall–Kier alpha value is -0.590. The quantitative estimate of drug-likeness (QED) is 0.670. The van der Waals surface area contributed by atoms with Crippen molar-refractivity contribution in [3.63, 3.8) is 0 Å². The Labute approximate surface area is 110 Å². The van der Waals surface area contributed by atoms with Crippen LogP contribution in [-0.2, 0) is 14.8 Å². The van der Waals surface area contributed by atoms with Crippen molar-refractivity contribution in [1.29, 1.82) is 0 Å². The maximum Gasteiger partial charge on any atom is 0.211 e. The molecule has 0 aromatic rings. The molecule has 0 bridgehead atoms. The molecule has 0 aliphatic carbocycles. The molecule has 106 valence electrons. The van der Waals surface area contributed by atoms with E-state index in [-0.39, 0.29) is 6.10 Å². The zero-order valence-electron chi connectivity index (χ0n) is 11.3. The molecule has 0 fully saturated rings. The second-order valence-corrected chi connectivity index (χ2v) is 6.50. The van der Waals surface area contributed by atoms with Gasteiger partial charge in [-0.25, -0.2) is 12.7 Å². The summed E-state index contributed by atoms with van der Waals surface area (Å²) < 4.78 is 29.6. The van der Waals surface area contributed by atoms with E-state index in [1.807, 2.05) is 13.0 Å². The van der Waals surface area contributed by atoms with Crippen LogP contribution >= 0.6 is 0 Å². The van der Waals surface area contributed by atoms with E-state index < -0.39 is 10.0 Å². The summed E-state index contributed by atoms with van der Waals surface area (Å²) in [6, 6.07) is 0. The van der Waals surface area contributed by atoms with Gasteiger partial charge in [-0.2, -0.15) is 0 Å². The summed E-state index contributed by atoms with van der Waals surface area (Å²) in [6.07, 6.45) is 8.25. The Morgan fingerprint density at radius 2 is 2.28 bits per heavy atom. The highest BCUT2D eigenvalue weighted by Gasteiger charge is 2.13. The molecule has 18 heavy (non-hydrogen) atoms. The van der Waals surface area contributed by atoms with E-state index >= 15 is 0 Å². The first-order valence-electron chi connectivity index (χ1n) is 6.50. The third-order valence-corrected chi connectivity index (χ3v) is 4.36. The van der Waals surface area contributed by atoms with Gasteiger partial charge in [0.1, 0.15) is 6.10 Å². The predicted molar refractivity (Wildman–Crippen MR) is 72.8 cm³/mol. The monoisotopic (exact) mass is 276 g/mol. The van der Waals surface area contributed by atoms with Gasteiger partial charge in [-0.3, -0.25) is 0 Å². The number of sulfonamides is 1. The highest BCUT2D eigenvalue weighted by molar-refractivity contribution is 7.88. The molecular formula is C12H24N2O3S. The van der Waals surface area contributed by atoms with Crippen LogP contribution < -0.4 is 5.32 Å². The molecule has 1 N–H and O–H groups in total. The number of hydrogen-bond donors (Lipinski definition) is 1. The Balaban J connectivity index is 2.09. The summed E-state index contributed by atoms with van der Waals surface area (Å²) in [5, 5.41) is 3.31. The van der Waals surface area contributed by atoms with Gasteiger partial charge in [-0.15, -0.1) is 0 Å². The van der Waals surface area contributed by atoms with Gasteiger partial charge in [0.2, 0.25) is 10.0 Å². The number of hydrogen-bond acceptors (Lipinski definition) is 4. The maximum atomic E-state index is 11.4. The van der Waals surface area contributed by atoms with Crippen LogP contribution in [0.4, 0.5) is 0 Å². The molecule has 1 aliphatic rings. The second-order valence-electron chi connectivity index (χ2n) is 4.52. The molecule has 0 aromatic carbocycles. The lowest BCUT2D eigenvalue weighted by molar-refractivity contribution is 0.122. The van der Waals surface area contributed by atoms with Crippen LogP contribution in [0.25, 0.3) is 0 Å². The third-order valence-electron chi connectivity index (χ3n) is 2.98. The fourth-order valence-corrected chi connectivity index (χ4v) is 2.87. The van der Waals surface area contributed by atoms with E-state index in [0.29, 0.717) is 13.1 Å².